The Morgan fingerprint density at radius 3 is 2.87 bits per heavy atom. The lowest BCUT2D eigenvalue weighted by Gasteiger charge is -2.50. The van der Waals surface area contributed by atoms with Gasteiger partial charge in [0.15, 0.2) is 0 Å². The van der Waals surface area contributed by atoms with E-state index in [9.17, 15) is 9.90 Å². The fraction of sp³-hybridized carbons (Fsp3) is 0.682. The number of urea groups is 1. The van der Waals surface area contributed by atoms with Gasteiger partial charge in [0.25, 0.3) is 0 Å². The van der Waals surface area contributed by atoms with Crippen molar-refractivity contribution in [2.45, 2.75) is 49.7 Å². The Balaban J connectivity index is 2.19. The number of benzene rings is 1. The molecule has 1 fully saturated rings. The van der Waals surface area contributed by atoms with Gasteiger partial charge in [0.05, 0.1) is 5.54 Å². The van der Waals surface area contributed by atoms with Gasteiger partial charge in [-0.15, -0.1) is 0 Å². The van der Waals surface area contributed by atoms with Gasteiger partial charge < -0.3 is 31.1 Å². The molecule has 2 rings (SSSR count). The number of halogens is 1. The smallest absolute Gasteiger partial charge is 0.317 e. The zero-order valence-corrected chi connectivity index (χ0v) is 19.0. The summed E-state index contributed by atoms with van der Waals surface area (Å²) in [6.07, 6.45) is 4.28. The number of carbonyl (C=O) groups excluding carboxylic acids is 1. The van der Waals surface area contributed by atoms with E-state index < -0.39 is 11.1 Å². The van der Waals surface area contributed by atoms with Gasteiger partial charge in [-0.1, -0.05) is 23.7 Å². The second kappa shape index (κ2) is 11.9. The van der Waals surface area contributed by atoms with Gasteiger partial charge in [0.2, 0.25) is 0 Å². The van der Waals surface area contributed by atoms with Crippen LogP contribution in [0.4, 0.5) is 4.79 Å². The van der Waals surface area contributed by atoms with Crippen molar-refractivity contribution in [1.29, 1.82) is 0 Å². The maximum atomic E-state index is 12.7. The van der Waals surface area contributed by atoms with E-state index in [1.165, 1.54) is 0 Å². The summed E-state index contributed by atoms with van der Waals surface area (Å²) in [5.74, 6) is 0. The topological polar surface area (TPSA) is 99.9 Å². The van der Waals surface area contributed by atoms with E-state index in [2.05, 4.69) is 10.6 Å². The van der Waals surface area contributed by atoms with E-state index in [1.807, 2.05) is 19.2 Å². The number of methoxy groups -OCH3 is 1. The normalized spacial score (nSPS) is 21.3. The molecule has 1 aromatic carbocycles. The second-order valence-electron chi connectivity index (χ2n) is 8.19. The lowest BCUT2D eigenvalue weighted by molar-refractivity contribution is -0.0742. The van der Waals surface area contributed by atoms with Gasteiger partial charge >= 0.3 is 6.03 Å². The molecule has 0 radical (unpaired) electrons. The number of aliphatic hydroxyl groups is 1. The van der Waals surface area contributed by atoms with Crippen molar-refractivity contribution in [3.8, 4) is 0 Å². The molecule has 7 nitrogen and oxygen atoms in total. The SMILES string of the molecule is CNCCCNC(=O)N1CCCC(N)(C(O)(CCCCOC)c2cccc(Cl)c2)C1. The number of rotatable bonds is 11. The van der Waals surface area contributed by atoms with Crippen LogP contribution < -0.4 is 16.4 Å². The third kappa shape index (κ3) is 6.31. The first-order valence-electron chi connectivity index (χ1n) is 10.8. The lowest BCUT2D eigenvalue weighted by atomic mass is 9.68. The maximum Gasteiger partial charge on any atom is 0.317 e. The zero-order chi connectivity index (χ0) is 22.0. The van der Waals surface area contributed by atoms with E-state index >= 15 is 0 Å². The van der Waals surface area contributed by atoms with Crippen LogP contribution >= 0.6 is 11.6 Å². The van der Waals surface area contributed by atoms with Crippen LogP contribution in [0.2, 0.25) is 5.02 Å². The summed E-state index contributed by atoms with van der Waals surface area (Å²) in [6.45, 7) is 3.00. The number of nitrogens with one attached hydrogen (secondary N) is 2. The van der Waals surface area contributed by atoms with E-state index in [-0.39, 0.29) is 12.6 Å². The summed E-state index contributed by atoms with van der Waals surface area (Å²) in [5.41, 5.74) is 5.32. The number of piperidine rings is 1. The van der Waals surface area contributed by atoms with Crippen LogP contribution in [-0.2, 0) is 10.3 Å². The quantitative estimate of drug-likeness (QED) is 0.396. The molecule has 1 aliphatic rings. The minimum Gasteiger partial charge on any atom is -0.385 e. The number of nitrogens with zero attached hydrogens (tertiary/aromatic N) is 1. The fourth-order valence-electron chi connectivity index (χ4n) is 4.22. The summed E-state index contributed by atoms with van der Waals surface area (Å²) >= 11 is 6.23. The van der Waals surface area contributed by atoms with Gasteiger partial charge in [-0.3, -0.25) is 0 Å². The Kier molecular flexibility index (Phi) is 9.84. The molecule has 2 atom stereocenters. The first-order valence-corrected chi connectivity index (χ1v) is 11.2. The third-order valence-corrected chi connectivity index (χ3v) is 6.19. The molecule has 1 aromatic rings. The first kappa shape index (κ1) is 24.9. The molecule has 0 aromatic heterocycles. The summed E-state index contributed by atoms with van der Waals surface area (Å²) < 4.78 is 5.16. The highest BCUT2D eigenvalue weighted by Crippen LogP contribution is 2.42. The highest BCUT2D eigenvalue weighted by molar-refractivity contribution is 6.30. The summed E-state index contributed by atoms with van der Waals surface area (Å²) in [6, 6.07) is 7.13. The number of hydrogen-bond acceptors (Lipinski definition) is 5. The number of ether oxygens (including phenoxy) is 1. The van der Waals surface area contributed by atoms with E-state index in [0.29, 0.717) is 43.1 Å². The monoisotopic (exact) mass is 440 g/mol. The van der Waals surface area contributed by atoms with E-state index in [1.54, 1.807) is 24.1 Å². The molecule has 0 bridgehead atoms. The van der Waals surface area contributed by atoms with Crippen LogP contribution in [0.25, 0.3) is 0 Å². The Hall–Kier alpha value is -1.38. The predicted molar refractivity (Wildman–Crippen MR) is 121 cm³/mol. The molecule has 2 unspecified atom stereocenters. The van der Waals surface area contributed by atoms with E-state index in [4.69, 9.17) is 22.1 Å². The van der Waals surface area contributed by atoms with Gasteiger partial charge in [-0.25, -0.2) is 4.79 Å². The molecule has 5 N–H and O–H groups in total. The van der Waals surface area contributed by atoms with Crippen molar-refractivity contribution in [1.82, 2.24) is 15.5 Å². The predicted octanol–water partition coefficient (Wildman–Crippen LogP) is 2.46. The number of nitrogens with two attached hydrogens (primary N) is 1. The van der Waals surface area contributed by atoms with Crippen LogP contribution in [-0.4, -0.2) is 68.5 Å². The molecular weight excluding hydrogens is 404 g/mol. The van der Waals surface area contributed by atoms with Crippen molar-refractivity contribution in [3.63, 3.8) is 0 Å². The van der Waals surface area contributed by atoms with Crippen LogP contribution in [0.5, 0.6) is 0 Å². The molecule has 30 heavy (non-hydrogen) atoms. The van der Waals surface area contributed by atoms with E-state index in [0.717, 1.165) is 32.2 Å². The Morgan fingerprint density at radius 2 is 2.17 bits per heavy atom. The number of unbranched alkanes of at least 4 members (excludes halogenated alkanes) is 1. The van der Waals surface area contributed by atoms with Gasteiger partial charge in [-0.05, 0) is 69.8 Å². The van der Waals surface area contributed by atoms with Crippen LogP contribution in [0.3, 0.4) is 0 Å². The number of likely N-dealkylation sites (tertiary alicyclic amines) is 1. The van der Waals surface area contributed by atoms with Crippen molar-refractivity contribution < 1.29 is 14.6 Å². The zero-order valence-electron chi connectivity index (χ0n) is 18.3. The van der Waals surface area contributed by atoms with Crippen molar-refractivity contribution in [2.24, 2.45) is 5.73 Å². The number of hydrogen-bond donors (Lipinski definition) is 4. The van der Waals surface area contributed by atoms with Crippen molar-refractivity contribution in [2.75, 3.05) is 46.9 Å². The third-order valence-electron chi connectivity index (χ3n) is 5.95. The molecule has 8 heteroatoms. The average Bonchev–Trinajstić information content (AvgIpc) is 2.74. The highest BCUT2D eigenvalue weighted by Gasteiger charge is 2.51. The van der Waals surface area contributed by atoms with Gasteiger partial charge in [0.1, 0.15) is 5.60 Å². The van der Waals surface area contributed by atoms with Crippen molar-refractivity contribution >= 4 is 17.6 Å². The molecule has 1 heterocycles. The van der Waals surface area contributed by atoms with Crippen molar-refractivity contribution in [3.05, 3.63) is 34.9 Å². The average molecular weight is 441 g/mol. The standard InChI is InChI=1S/C22H37ClN4O3/c1-25-12-7-13-26-20(28)27-14-6-10-21(24,17-27)22(29,11-3-4-15-30-2)18-8-5-9-19(23)16-18/h5,8-9,16,25,29H,3-4,6-7,10-15,17,24H2,1-2H3,(H,26,28). The molecule has 1 aliphatic heterocycles. The van der Waals surface area contributed by atoms with Crippen LogP contribution in [0.15, 0.2) is 24.3 Å². The summed E-state index contributed by atoms with van der Waals surface area (Å²) in [7, 11) is 3.56. The largest absolute Gasteiger partial charge is 0.385 e. The molecule has 170 valence electrons. The minimum absolute atomic E-state index is 0.131. The Bertz CT molecular complexity index is 678. The minimum atomic E-state index is -1.29. The Morgan fingerprint density at radius 1 is 1.37 bits per heavy atom. The van der Waals surface area contributed by atoms with Crippen LogP contribution in [0, 0.1) is 0 Å². The molecule has 1 saturated heterocycles. The first-order chi connectivity index (χ1) is 14.4. The summed E-state index contributed by atoms with van der Waals surface area (Å²) in [5, 5.41) is 18.5. The molecule has 0 spiro atoms. The highest BCUT2D eigenvalue weighted by atomic mass is 35.5. The maximum absolute atomic E-state index is 12.7. The molecule has 0 aliphatic carbocycles. The summed E-state index contributed by atoms with van der Waals surface area (Å²) in [4.78, 5) is 14.4. The molecule has 2 amide bonds. The number of carbonyl (C=O) groups is 1. The second-order valence-corrected chi connectivity index (χ2v) is 8.63. The molecule has 0 saturated carbocycles. The Labute approximate surface area is 185 Å². The lowest BCUT2D eigenvalue weighted by Crippen LogP contribution is -2.67. The van der Waals surface area contributed by atoms with Gasteiger partial charge in [0, 0.05) is 38.4 Å². The van der Waals surface area contributed by atoms with Gasteiger partial charge in [-0.2, -0.15) is 0 Å². The molecular formula is C22H37ClN4O3. The number of amides is 2. The van der Waals surface area contributed by atoms with Crippen LogP contribution in [0.1, 0.15) is 44.1 Å². The fourth-order valence-corrected chi connectivity index (χ4v) is 4.41.